The molecule has 0 aliphatic rings. The number of amides is 1. The molecule has 4 aromatic rings. The quantitative estimate of drug-likeness (QED) is 0.294. The van der Waals surface area contributed by atoms with Crippen molar-refractivity contribution in [2.45, 2.75) is 19.0 Å². The molecule has 2 aromatic carbocycles. The topological polar surface area (TPSA) is 66.3 Å². The largest absolute Gasteiger partial charge is 0.418 e. The Balaban J connectivity index is 1.47. The molecule has 200 valence electrons. The summed E-state index contributed by atoms with van der Waals surface area (Å²) in [7, 11) is 5.46. The number of benzene rings is 2. The molecule has 2 aromatic heterocycles. The van der Waals surface area contributed by atoms with Gasteiger partial charge in [-0.15, -0.1) is 0 Å². The molecule has 11 heteroatoms. The van der Waals surface area contributed by atoms with Gasteiger partial charge in [-0.25, -0.2) is 9.97 Å². The highest BCUT2D eigenvalue weighted by atomic mass is 35.5. The van der Waals surface area contributed by atoms with Crippen LogP contribution in [0.4, 0.5) is 24.5 Å². The monoisotopic (exact) mass is 544 g/mol. The molecule has 4 rings (SSSR count). The van der Waals surface area contributed by atoms with Gasteiger partial charge in [0.05, 0.1) is 17.7 Å². The van der Waals surface area contributed by atoms with E-state index in [0.29, 0.717) is 29.2 Å². The van der Waals surface area contributed by atoms with Crippen LogP contribution in [0.15, 0.2) is 61.1 Å². The second kappa shape index (κ2) is 11.4. The Morgan fingerprint density at radius 1 is 1.05 bits per heavy atom. The van der Waals surface area contributed by atoms with Crippen molar-refractivity contribution in [3.8, 4) is 5.69 Å². The van der Waals surface area contributed by atoms with Crippen LogP contribution >= 0.6 is 11.6 Å². The smallest absolute Gasteiger partial charge is 0.374 e. The fourth-order valence-corrected chi connectivity index (χ4v) is 4.41. The molecule has 0 atom stereocenters. The number of nitrogens with zero attached hydrogens (tertiary/aromatic N) is 5. The minimum Gasteiger partial charge on any atom is -0.374 e. The van der Waals surface area contributed by atoms with E-state index in [-0.39, 0.29) is 17.8 Å². The van der Waals surface area contributed by atoms with Crippen molar-refractivity contribution < 1.29 is 18.0 Å². The minimum atomic E-state index is -4.57. The van der Waals surface area contributed by atoms with Gasteiger partial charge in [0.1, 0.15) is 11.8 Å². The number of anilines is 2. The number of alkyl halides is 3. The number of rotatable bonds is 9. The normalized spacial score (nSPS) is 11.8. The maximum absolute atomic E-state index is 13.9. The van der Waals surface area contributed by atoms with Gasteiger partial charge in [-0.2, -0.15) is 13.2 Å². The number of carbonyl (C=O) groups excluding carboxylic acids is 1. The Morgan fingerprint density at radius 2 is 1.84 bits per heavy atom. The van der Waals surface area contributed by atoms with E-state index in [4.69, 9.17) is 11.6 Å². The molecule has 0 saturated heterocycles. The summed E-state index contributed by atoms with van der Waals surface area (Å²) in [6.45, 7) is 1.23. The van der Waals surface area contributed by atoms with E-state index in [9.17, 15) is 18.0 Å². The first kappa shape index (κ1) is 27.4. The number of nitrogens with one attached hydrogen (secondary N) is 1. The maximum atomic E-state index is 13.9. The molecule has 7 nitrogen and oxygen atoms in total. The number of imidazole rings is 1. The maximum Gasteiger partial charge on any atom is 0.418 e. The highest BCUT2D eigenvalue weighted by Crippen LogP contribution is 2.38. The molecule has 1 amide bonds. The Bertz CT molecular complexity index is 1440. The first-order valence-corrected chi connectivity index (χ1v) is 12.3. The summed E-state index contributed by atoms with van der Waals surface area (Å²) in [5.41, 5.74) is 1.99. The second-order valence-corrected chi connectivity index (χ2v) is 9.68. The van der Waals surface area contributed by atoms with Crippen molar-refractivity contribution in [3.05, 3.63) is 77.2 Å². The van der Waals surface area contributed by atoms with Gasteiger partial charge in [-0.1, -0.05) is 17.7 Å². The van der Waals surface area contributed by atoms with Crippen molar-refractivity contribution in [2.75, 3.05) is 44.4 Å². The van der Waals surface area contributed by atoms with Gasteiger partial charge in [-0.05, 0) is 75.1 Å². The summed E-state index contributed by atoms with van der Waals surface area (Å²) >= 11 is 6.45. The molecular weight excluding hydrogens is 517 g/mol. The SMILES string of the molecule is CN(C)CCCN(C)c1ccc(NC(=O)Cc2ccc(-n3cnc4cccnc43)cc2Cl)cc1C(F)(F)F. The summed E-state index contributed by atoms with van der Waals surface area (Å²) in [6, 6.07) is 12.7. The van der Waals surface area contributed by atoms with Gasteiger partial charge >= 0.3 is 6.18 Å². The van der Waals surface area contributed by atoms with Crippen LogP contribution in [0.1, 0.15) is 17.5 Å². The summed E-state index contributed by atoms with van der Waals surface area (Å²) < 4.78 is 43.3. The molecule has 0 aliphatic heterocycles. The highest BCUT2D eigenvalue weighted by molar-refractivity contribution is 6.31. The molecule has 1 N–H and O–H groups in total. The Hall–Kier alpha value is -3.63. The summed E-state index contributed by atoms with van der Waals surface area (Å²) in [6.07, 6.45) is -0.655. The van der Waals surface area contributed by atoms with Crippen LogP contribution < -0.4 is 10.2 Å². The molecule has 0 aliphatic carbocycles. The standard InChI is InChI=1S/C27H28ClF3N6O/c1-35(2)12-5-13-36(3)24-10-8-19(15-21(24)27(29,30)31)34-25(38)14-18-7-9-20(16-22(18)28)37-17-33-23-6-4-11-32-26(23)37/h4,6-11,15-17H,5,12-14H2,1-3H3,(H,34,38). The lowest BCUT2D eigenvalue weighted by molar-refractivity contribution is -0.137. The van der Waals surface area contributed by atoms with Crippen LogP contribution in [-0.2, 0) is 17.4 Å². The van der Waals surface area contributed by atoms with E-state index < -0.39 is 17.6 Å². The van der Waals surface area contributed by atoms with Crippen LogP contribution in [0, 0.1) is 0 Å². The van der Waals surface area contributed by atoms with Gasteiger partial charge in [-0.3, -0.25) is 9.36 Å². The number of carbonyl (C=O) groups is 1. The van der Waals surface area contributed by atoms with E-state index in [0.717, 1.165) is 23.8 Å². The Morgan fingerprint density at radius 3 is 2.55 bits per heavy atom. The molecule has 38 heavy (non-hydrogen) atoms. The van der Waals surface area contributed by atoms with Gasteiger partial charge in [0.2, 0.25) is 5.91 Å². The third-order valence-electron chi connectivity index (χ3n) is 6.07. The number of halogens is 4. The van der Waals surface area contributed by atoms with E-state index in [1.165, 1.54) is 12.1 Å². The lowest BCUT2D eigenvalue weighted by Gasteiger charge is -2.25. The molecule has 0 spiro atoms. The van der Waals surface area contributed by atoms with Gasteiger partial charge in [0, 0.05) is 36.2 Å². The van der Waals surface area contributed by atoms with Gasteiger partial charge in [0.15, 0.2) is 5.65 Å². The molecule has 0 fully saturated rings. The van der Waals surface area contributed by atoms with E-state index in [2.05, 4.69) is 15.3 Å². The minimum absolute atomic E-state index is 0.0643. The van der Waals surface area contributed by atoms with Crippen molar-refractivity contribution in [1.29, 1.82) is 0 Å². The van der Waals surface area contributed by atoms with Crippen LogP contribution in [0.3, 0.4) is 0 Å². The predicted molar refractivity (Wildman–Crippen MR) is 144 cm³/mol. The highest BCUT2D eigenvalue weighted by Gasteiger charge is 2.35. The molecule has 0 unspecified atom stereocenters. The molecule has 0 saturated carbocycles. The Labute approximate surface area is 223 Å². The number of pyridine rings is 1. The fraction of sp³-hybridized carbons (Fsp3) is 0.296. The molecule has 0 radical (unpaired) electrons. The molecule has 0 bridgehead atoms. The third-order valence-corrected chi connectivity index (χ3v) is 6.42. The van der Waals surface area contributed by atoms with E-state index in [1.54, 1.807) is 53.3 Å². The zero-order valence-corrected chi connectivity index (χ0v) is 22.0. The lowest BCUT2D eigenvalue weighted by atomic mass is 10.1. The fourth-order valence-electron chi connectivity index (χ4n) is 4.16. The number of fused-ring (bicyclic) bond motifs is 1. The van der Waals surface area contributed by atoms with Crippen molar-refractivity contribution in [3.63, 3.8) is 0 Å². The molecule has 2 heterocycles. The van der Waals surface area contributed by atoms with Gasteiger partial charge in [0.25, 0.3) is 0 Å². The lowest BCUT2D eigenvalue weighted by Crippen LogP contribution is -2.25. The van der Waals surface area contributed by atoms with Crippen LogP contribution in [0.2, 0.25) is 5.02 Å². The zero-order valence-electron chi connectivity index (χ0n) is 21.3. The zero-order chi connectivity index (χ0) is 27.4. The molecular formula is C27H28ClF3N6O. The van der Waals surface area contributed by atoms with Crippen LogP contribution in [0.25, 0.3) is 16.9 Å². The summed E-state index contributed by atoms with van der Waals surface area (Å²) in [4.78, 5) is 24.9. The van der Waals surface area contributed by atoms with E-state index in [1.807, 2.05) is 25.1 Å². The second-order valence-electron chi connectivity index (χ2n) is 9.27. The number of hydrogen-bond acceptors (Lipinski definition) is 5. The summed E-state index contributed by atoms with van der Waals surface area (Å²) in [5.74, 6) is -0.477. The third kappa shape index (κ3) is 6.43. The van der Waals surface area contributed by atoms with Crippen LogP contribution in [-0.4, -0.2) is 59.6 Å². The van der Waals surface area contributed by atoms with Crippen molar-refractivity contribution >= 4 is 40.0 Å². The number of hydrogen-bond donors (Lipinski definition) is 1. The Kier molecular flexibility index (Phi) is 8.23. The average molecular weight is 545 g/mol. The van der Waals surface area contributed by atoms with Crippen molar-refractivity contribution in [1.82, 2.24) is 19.4 Å². The van der Waals surface area contributed by atoms with Gasteiger partial charge < -0.3 is 15.1 Å². The van der Waals surface area contributed by atoms with Crippen LogP contribution in [0.5, 0.6) is 0 Å². The summed E-state index contributed by atoms with van der Waals surface area (Å²) in [5, 5.41) is 2.92. The first-order valence-electron chi connectivity index (χ1n) is 12.0. The first-order chi connectivity index (χ1) is 18.0. The number of aromatic nitrogens is 3. The van der Waals surface area contributed by atoms with E-state index >= 15 is 0 Å². The van der Waals surface area contributed by atoms with Crippen molar-refractivity contribution in [2.24, 2.45) is 0 Å². The predicted octanol–water partition coefficient (Wildman–Crippen LogP) is 5.66. The average Bonchev–Trinajstić information content (AvgIpc) is 3.28.